The van der Waals surface area contributed by atoms with Crippen LogP contribution in [0.4, 0.5) is 0 Å². The molecule has 1 rings (SSSR count). The number of rotatable bonds is 5. The highest BCUT2D eigenvalue weighted by molar-refractivity contribution is 5.07. The van der Waals surface area contributed by atoms with Crippen LogP contribution in [0.15, 0.2) is 29.2 Å². The molecule has 1 nitrogen and oxygen atoms in total. The van der Waals surface area contributed by atoms with E-state index in [1.54, 1.807) is 0 Å². The summed E-state index contributed by atoms with van der Waals surface area (Å²) in [5.41, 5.74) is 0. The molecular formula is C11H16O. The fourth-order valence-electron chi connectivity index (χ4n) is 1.18. The Bertz CT molecular complexity index is 235. The standard InChI is InChI=1S/C11H16O/c1-3-5-7-11-9-8-10(12-11)6-4-2/h3,8-9H,1,4-7H2,2H3. The molecule has 0 aliphatic carbocycles. The van der Waals surface area contributed by atoms with Gasteiger partial charge in [0.15, 0.2) is 0 Å². The Kier molecular flexibility index (Phi) is 3.65. The van der Waals surface area contributed by atoms with Crippen LogP contribution >= 0.6 is 0 Å². The minimum absolute atomic E-state index is 0.979. The predicted octanol–water partition coefficient (Wildman–Crippen LogP) is 3.35. The number of hydrogen-bond acceptors (Lipinski definition) is 1. The zero-order valence-corrected chi connectivity index (χ0v) is 7.68. The summed E-state index contributed by atoms with van der Waals surface area (Å²) in [4.78, 5) is 0. The van der Waals surface area contributed by atoms with E-state index in [0.717, 1.165) is 37.2 Å². The van der Waals surface area contributed by atoms with E-state index in [0.29, 0.717) is 0 Å². The van der Waals surface area contributed by atoms with Crippen LogP contribution in [0.2, 0.25) is 0 Å². The van der Waals surface area contributed by atoms with Crippen molar-refractivity contribution in [2.24, 2.45) is 0 Å². The fraction of sp³-hybridized carbons (Fsp3) is 0.455. The lowest BCUT2D eigenvalue weighted by atomic mass is 10.2. The maximum absolute atomic E-state index is 5.58. The van der Waals surface area contributed by atoms with E-state index >= 15 is 0 Å². The maximum Gasteiger partial charge on any atom is 0.104 e. The third kappa shape index (κ3) is 2.57. The molecule has 0 bridgehead atoms. The number of allylic oxidation sites excluding steroid dienone is 1. The van der Waals surface area contributed by atoms with E-state index in [1.165, 1.54) is 0 Å². The van der Waals surface area contributed by atoms with Gasteiger partial charge in [-0.25, -0.2) is 0 Å². The van der Waals surface area contributed by atoms with Crippen molar-refractivity contribution < 1.29 is 4.42 Å². The maximum atomic E-state index is 5.58. The Morgan fingerprint density at radius 1 is 1.33 bits per heavy atom. The van der Waals surface area contributed by atoms with Gasteiger partial charge in [0, 0.05) is 12.8 Å². The average molecular weight is 164 g/mol. The summed E-state index contributed by atoms with van der Waals surface area (Å²) in [7, 11) is 0. The van der Waals surface area contributed by atoms with Crippen LogP contribution < -0.4 is 0 Å². The predicted molar refractivity (Wildman–Crippen MR) is 51.2 cm³/mol. The van der Waals surface area contributed by atoms with Gasteiger partial charge in [0.1, 0.15) is 11.5 Å². The second-order valence-electron chi connectivity index (χ2n) is 2.95. The third-order valence-corrected chi connectivity index (χ3v) is 1.81. The minimum Gasteiger partial charge on any atom is -0.466 e. The zero-order valence-electron chi connectivity index (χ0n) is 7.68. The van der Waals surface area contributed by atoms with Gasteiger partial charge in [-0.05, 0) is 25.0 Å². The second-order valence-corrected chi connectivity index (χ2v) is 2.95. The summed E-state index contributed by atoms with van der Waals surface area (Å²) in [5.74, 6) is 2.19. The van der Waals surface area contributed by atoms with Gasteiger partial charge >= 0.3 is 0 Å². The Labute approximate surface area is 74.1 Å². The molecule has 0 unspecified atom stereocenters. The number of furan rings is 1. The van der Waals surface area contributed by atoms with Gasteiger partial charge in [-0.3, -0.25) is 0 Å². The molecule has 0 aliphatic rings. The molecule has 0 atom stereocenters. The minimum atomic E-state index is 0.979. The monoisotopic (exact) mass is 164 g/mol. The molecule has 0 saturated carbocycles. The first-order valence-electron chi connectivity index (χ1n) is 4.55. The first-order chi connectivity index (χ1) is 5.86. The molecule has 1 heterocycles. The molecule has 0 saturated heterocycles. The summed E-state index contributed by atoms with van der Waals surface area (Å²) in [6.45, 7) is 5.84. The van der Waals surface area contributed by atoms with E-state index in [-0.39, 0.29) is 0 Å². The molecule has 0 fully saturated rings. The highest BCUT2D eigenvalue weighted by Gasteiger charge is 1.99. The first-order valence-corrected chi connectivity index (χ1v) is 4.55. The third-order valence-electron chi connectivity index (χ3n) is 1.81. The van der Waals surface area contributed by atoms with Crippen LogP contribution in [-0.2, 0) is 12.8 Å². The molecule has 1 aromatic rings. The molecule has 1 aromatic heterocycles. The fourth-order valence-corrected chi connectivity index (χ4v) is 1.18. The van der Waals surface area contributed by atoms with Gasteiger partial charge < -0.3 is 4.42 Å². The van der Waals surface area contributed by atoms with Gasteiger partial charge in [-0.2, -0.15) is 0 Å². The van der Waals surface area contributed by atoms with Crippen LogP contribution in [0.5, 0.6) is 0 Å². The van der Waals surface area contributed by atoms with Crippen molar-refractivity contribution in [2.45, 2.75) is 32.6 Å². The molecule has 0 N–H and O–H groups in total. The Balaban J connectivity index is 2.46. The lowest BCUT2D eigenvalue weighted by Crippen LogP contribution is -1.79. The normalized spacial score (nSPS) is 10.1. The Morgan fingerprint density at radius 2 is 2.00 bits per heavy atom. The molecule has 0 spiro atoms. The van der Waals surface area contributed by atoms with Crippen LogP contribution in [0, 0.1) is 0 Å². The molecule has 0 radical (unpaired) electrons. The molecular weight excluding hydrogens is 148 g/mol. The van der Waals surface area contributed by atoms with Crippen molar-refractivity contribution in [3.63, 3.8) is 0 Å². The smallest absolute Gasteiger partial charge is 0.104 e. The van der Waals surface area contributed by atoms with E-state index in [1.807, 2.05) is 6.08 Å². The van der Waals surface area contributed by atoms with E-state index in [2.05, 4.69) is 25.6 Å². The molecule has 0 aliphatic heterocycles. The lowest BCUT2D eigenvalue weighted by molar-refractivity contribution is 0.463. The highest BCUT2D eigenvalue weighted by atomic mass is 16.3. The second kappa shape index (κ2) is 4.81. The summed E-state index contributed by atoms with van der Waals surface area (Å²) in [5, 5.41) is 0. The summed E-state index contributed by atoms with van der Waals surface area (Å²) in [6, 6.07) is 4.14. The lowest BCUT2D eigenvalue weighted by Gasteiger charge is -1.92. The zero-order chi connectivity index (χ0) is 8.81. The van der Waals surface area contributed by atoms with Crippen molar-refractivity contribution in [2.75, 3.05) is 0 Å². The van der Waals surface area contributed by atoms with Crippen LogP contribution in [-0.4, -0.2) is 0 Å². The average Bonchev–Trinajstić information content (AvgIpc) is 2.50. The van der Waals surface area contributed by atoms with Crippen molar-refractivity contribution in [3.05, 3.63) is 36.3 Å². The van der Waals surface area contributed by atoms with Crippen LogP contribution in [0.25, 0.3) is 0 Å². The summed E-state index contributed by atoms with van der Waals surface area (Å²) in [6.07, 6.45) is 6.09. The van der Waals surface area contributed by atoms with Crippen molar-refractivity contribution in [1.29, 1.82) is 0 Å². The first kappa shape index (κ1) is 9.11. The van der Waals surface area contributed by atoms with Gasteiger partial charge in [-0.15, -0.1) is 6.58 Å². The molecule has 0 aromatic carbocycles. The summed E-state index contributed by atoms with van der Waals surface area (Å²) >= 11 is 0. The van der Waals surface area contributed by atoms with Gasteiger partial charge in [0.05, 0.1) is 0 Å². The molecule has 12 heavy (non-hydrogen) atoms. The Morgan fingerprint density at radius 3 is 2.58 bits per heavy atom. The van der Waals surface area contributed by atoms with Gasteiger partial charge in [0.2, 0.25) is 0 Å². The largest absolute Gasteiger partial charge is 0.466 e. The molecule has 66 valence electrons. The van der Waals surface area contributed by atoms with Crippen molar-refractivity contribution in [1.82, 2.24) is 0 Å². The summed E-state index contributed by atoms with van der Waals surface area (Å²) < 4.78 is 5.58. The highest BCUT2D eigenvalue weighted by Crippen LogP contribution is 2.11. The topological polar surface area (TPSA) is 13.1 Å². The number of aryl methyl sites for hydroxylation is 2. The van der Waals surface area contributed by atoms with Crippen molar-refractivity contribution in [3.8, 4) is 0 Å². The van der Waals surface area contributed by atoms with E-state index in [9.17, 15) is 0 Å². The quantitative estimate of drug-likeness (QED) is 0.608. The van der Waals surface area contributed by atoms with Crippen LogP contribution in [0.1, 0.15) is 31.3 Å². The SMILES string of the molecule is C=CCCc1ccc(CCC)o1. The van der Waals surface area contributed by atoms with Crippen LogP contribution in [0.3, 0.4) is 0 Å². The van der Waals surface area contributed by atoms with E-state index in [4.69, 9.17) is 4.42 Å². The van der Waals surface area contributed by atoms with Gasteiger partial charge in [0.25, 0.3) is 0 Å². The Hall–Kier alpha value is -0.980. The molecule has 0 amide bonds. The molecule has 1 heteroatoms. The number of hydrogen-bond donors (Lipinski definition) is 0. The van der Waals surface area contributed by atoms with Gasteiger partial charge in [-0.1, -0.05) is 13.0 Å². The van der Waals surface area contributed by atoms with E-state index < -0.39 is 0 Å². The van der Waals surface area contributed by atoms with Crippen molar-refractivity contribution >= 4 is 0 Å².